The van der Waals surface area contributed by atoms with Crippen LogP contribution in [0.5, 0.6) is 11.5 Å². The van der Waals surface area contributed by atoms with E-state index in [1.807, 2.05) is 31.2 Å². The molecule has 0 aliphatic heterocycles. The van der Waals surface area contributed by atoms with Crippen molar-refractivity contribution in [3.8, 4) is 11.5 Å². The molecule has 26 heavy (non-hydrogen) atoms. The van der Waals surface area contributed by atoms with E-state index < -0.39 is 0 Å². The monoisotopic (exact) mass is 350 g/mol. The maximum absolute atomic E-state index is 13.2. The zero-order chi connectivity index (χ0) is 18.7. The number of carbonyl (C=O) groups excluding carboxylic acids is 1. The van der Waals surface area contributed by atoms with E-state index >= 15 is 0 Å². The normalized spacial score (nSPS) is 12.8. The highest BCUT2D eigenvalue weighted by Crippen LogP contribution is 2.34. The zero-order valence-electron chi connectivity index (χ0n) is 15.2. The molecule has 0 saturated heterocycles. The number of ether oxygens (including phenoxy) is 2. The molecule has 4 heteroatoms. The zero-order valence-corrected chi connectivity index (χ0v) is 15.2. The molecule has 1 aliphatic rings. The summed E-state index contributed by atoms with van der Waals surface area (Å²) in [6, 6.07) is 9.26. The topological polar surface area (TPSA) is 55.8 Å². The van der Waals surface area contributed by atoms with Crippen LogP contribution in [0.3, 0.4) is 0 Å². The second-order valence-electron chi connectivity index (χ2n) is 6.21. The van der Waals surface area contributed by atoms with E-state index in [4.69, 9.17) is 9.47 Å². The first-order valence-corrected chi connectivity index (χ1v) is 8.46. The lowest BCUT2D eigenvalue weighted by atomic mass is 9.93. The summed E-state index contributed by atoms with van der Waals surface area (Å²) in [4.78, 5) is 13.2. The Morgan fingerprint density at radius 3 is 2.58 bits per heavy atom. The Morgan fingerprint density at radius 2 is 1.96 bits per heavy atom. The average Bonchev–Trinajstić information content (AvgIpc) is 3.21. The molecule has 2 aromatic rings. The number of ketones is 1. The third-order valence-electron chi connectivity index (χ3n) is 4.61. The molecule has 0 atom stereocenters. The molecule has 0 spiro atoms. The summed E-state index contributed by atoms with van der Waals surface area (Å²) in [5.41, 5.74) is 4.78. The largest absolute Gasteiger partial charge is 0.493 e. The Kier molecular flexibility index (Phi) is 5.24. The number of allylic oxidation sites excluding steroid dienone is 4. The van der Waals surface area contributed by atoms with Crippen LogP contribution in [-0.2, 0) is 6.61 Å². The number of benzene rings is 2. The van der Waals surface area contributed by atoms with Gasteiger partial charge in [0, 0.05) is 16.7 Å². The van der Waals surface area contributed by atoms with Crippen molar-refractivity contribution in [2.75, 3.05) is 14.2 Å². The van der Waals surface area contributed by atoms with Gasteiger partial charge < -0.3 is 14.6 Å². The Labute approximate surface area is 153 Å². The minimum absolute atomic E-state index is 0.105. The first-order valence-electron chi connectivity index (χ1n) is 8.46. The Hall–Kier alpha value is -2.85. The van der Waals surface area contributed by atoms with Gasteiger partial charge in [-0.3, -0.25) is 4.79 Å². The lowest BCUT2D eigenvalue weighted by molar-refractivity contribution is 0.103. The van der Waals surface area contributed by atoms with Crippen LogP contribution in [-0.4, -0.2) is 25.1 Å². The summed E-state index contributed by atoms with van der Waals surface area (Å²) < 4.78 is 10.6. The van der Waals surface area contributed by atoms with E-state index in [9.17, 15) is 9.90 Å². The summed E-state index contributed by atoms with van der Waals surface area (Å²) in [6.07, 6.45) is 7.07. The lowest BCUT2D eigenvalue weighted by Gasteiger charge is -2.14. The molecule has 1 N–H and O–H groups in total. The van der Waals surface area contributed by atoms with Gasteiger partial charge in [0.15, 0.2) is 17.3 Å². The number of aliphatic hydroxyl groups excluding tert-OH is 1. The van der Waals surface area contributed by atoms with Crippen LogP contribution in [0.15, 0.2) is 48.6 Å². The number of aryl methyl sites for hydroxylation is 1. The van der Waals surface area contributed by atoms with E-state index in [-0.39, 0.29) is 12.4 Å². The minimum Gasteiger partial charge on any atom is -0.493 e. The van der Waals surface area contributed by atoms with Crippen molar-refractivity contribution in [3.63, 3.8) is 0 Å². The maximum Gasteiger partial charge on any atom is 0.193 e. The van der Waals surface area contributed by atoms with Crippen molar-refractivity contribution in [1.29, 1.82) is 0 Å². The van der Waals surface area contributed by atoms with Gasteiger partial charge in [0.25, 0.3) is 0 Å². The fraction of sp³-hybridized carbons (Fsp3) is 0.227. The molecule has 3 rings (SSSR count). The van der Waals surface area contributed by atoms with Gasteiger partial charge in [0.1, 0.15) is 0 Å². The van der Waals surface area contributed by atoms with E-state index in [0.717, 1.165) is 17.5 Å². The van der Waals surface area contributed by atoms with Gasteiger partial charge in [-0.1, -0.05) is 30.4 Å². The lowest BCUT2D eigenvalue weighted by Crippen LogP contribution is -2.07. The van der Waals surface area contributed by atoms with E-state index in [0.29, 0.717) is 28.2 Å². The van der Waals surface area contributed by atoms with Crippen molar-refractivity contribution >= 4 is 11.4 Å². The van der Waals surface area contributed by atoms with Crippen LogP contribution in [0.25, 0.3) is 5.57 Å². The number of methoxy groups -OCH3 is 2. The molecule has 0 fully saturated rings. The number of hydrogen-bond donors (Lipinski definition) is 1. The SMILES string of the molecule is COc1cc(C(=O)c2cc(C3=CC=CC3)ccc2C)cc(CO)c1OC. The van der Waals surface area contributed by atoms with Crippen LogP contribution in [0.2, 0.25) is 0 Å². The number of carbonyl (C=O) groups is 1. The molecule has 134 valence electrons. The second kappa shape index (κ2) is 7.58. The molecule has 2 aromatic carbocycles. The fourth-order valence-electron chi connectivity index (χ4n) is 3.17. The smallest absolute Gasteiger partial charge is 0.193 e. The molecule has 0 amide bonds. The van der Waals surface area contributed by atoms with Gasteiger partial charge in [-0.15, -0.1) is 0 Å². The molecule has 0 aromatic heterocycles. The van der Waals surface area contributed by atoms with Gasteiger partial charge in [-0.05, 0) is 48.2 Å². The van der Waals surface area contributed by atoms with Crippen LogP contribution < -0.4 is 9.47 Å². The van der Waals surface area contributed by atoms with Gasteiger partial charge in [-0.25, -0.2) is 0 Å². The molecule has 1 aliphatic carbocycles. The van der Waals surface area contributed by atoms with Crippen molar-refractivity contribution in [1.82, 2.24) is 0 Å². The number of aliphatic hydroxyl groups is 1. The van der Waals surface area contributed by atoms with Gasteiger partial charge >= 0.3 is 0 Å². The minimum atomic E-state index is -0.238. The van der Waals surface area contributed by atoms with Crippen LogP contribution >= 0.6 is 0 Å². The molecule has 0 radical (unpaired) electrons. The summed E-state index contributed by atoms with van der Waals surface area (Å²) >= 11 is 0. The molecule has 0 saturated carbocycles. The van der Waals surface area contributed by atoms with Crippen molar-refractivity contribution < 1.29 is 19.4 Å². The fourth-order valence-corrected chi connectivity index (χ4v) is 3.17. The third-order valence-corrected chi connectivity index (χ3v) is 4.61. The first-order chi connectivity index (χ1) is 12.6. The van der Waals surface area contributed by atoms with E-state index in [2.05, 4.69) is 12.2 Å². The quantitative estimate of drug-likeness (QED) is 0.798. The molecule has 0 unspecified atom stereocenters. The molecular formula is C22H22O4. The molecule has 0 heterocycles. The standard InChI is InChI=1S/C22H22O4/c1-14-8-9-16(15-6-4-5-7-15)11-19(14)21(24)17-10-18(13-23)22(26-3)20(12-17)25-2/h4-6,8-12,23H,7,13H2,1-3H3. The summed E-state index contributed by atoms with van der Waals surface area (Å²) in [5.74, 6) is 0.768. The Bertz CT molecular complexity index is 881. The number of rotatable bonds is 6. The molecular weight excluding hydrogens is 328 g/mol. The highest BCUT2D eigenvalue weighted by Gasteiger charge is 2.19. The summed E-state index contributed by atoms with van der Waals surface area (Å²) in [5, 5.41) is 9.63. The Balaban J connectivity index is 2.05. The van der Waals surface area contributed by atoms with Crippen molar-refractivity contribution in [3.05, 3.63) is 76.4 Å². The van der Waals surface area contributed by atoms with Crippen LogP contribution in [0.1, 0.15) is 39.0 Å². The second-order valence-corrected chi connectivity index (χ2v) is 6.21. The van der Waals surface area contributed by atoms with Crippen molar-refractivity contribution in [2.45, 2.75) is 20.0 Å². The molecule has 0 bridgehead atoms. The van der Waals surface area contributed by atoms with Gasteiger partial charge in [-0.2, -0.15) is 0 Å². The predicted octanol–water partition coefficient (Wildman–Crippen LogP) is 4.08. The summed E-state index contributed by atoms with van der Waals surface area (Å²) in [7, 11) is 3.02. The Morgan fingerprint density at radius 1 is 1.15 bits per heavy atom. The van der Waals surface area contributed by atoms with Crippen molar-refractivity contribution in [2.24, 2.45) is 0 Å². The molecule has 4 nitrogen and oxygen atoms in total. The van der Waals surface area contributed by atoms with Gasteiger partial charge in [0.2, 0.25) is 0 Å². The third kappa shape index (κ3) is 3.28. The van der Waals surface area contributed by atoms with E-state index in [1.165, 1.54) is 19.8 Å². The summed E-state index contributed by atoms with van der Waals surface area (Å²) in [6.45, 7) is 1.68. The highest BCUT2D eigenvalue weighted by atomic mass is 16.5. The van der Waals surface area contributed by atoms with Crippen LogP contribution in [0.4, 0.5) is 0 Å². The van der Waals surface area contributed by atoms with E-state index in [1.54, 1.807) is 12.1 Å². The highest BCUT2D eigenvalue weighted by molar-refractivity contribution is 6.10. The average molecular weight is 350 g/mol. The van der Waals surface area contributed by atoms with Crippen LogP contribution in [0, 0.1) is 6.92 Å². The predicted molar refractivity (Wildman–Crippen MR) is 102 cm³/mol. The van der Waals surface area contributed by atoms with Gasteiger partial charge in [0.05, 0.1) is 20.8 Å². The first kappa shape index (κ1) is 18.0. The number of hydrogen-bond acceptors (Lipinski definition) is 4. The maximum atomic E-state index is 13.2.